The van der Waals surface area contributed by atoms with E-state index in [0.29, 0.717) is 47.5 Å². The third-order valence-corrected chi connectivity index (χ3v) is 5.60. The van der Waals surface area contributed by atoms with E-state index in [9.17, 15) is 14.7 Å². The summed E-state index contributed by atoms with van der Waals surface area (Å²) < 4.78 is 27.2. The number of benzene rings is 2. The molecule has 2 atom stereocenters. The van der Waals surface area contributed by atoms with Crippen LogP contribution in [0.2, 0.25) is 0 Å². The van der Waals surface area contributed by atoms with Crippen molar-refractivity contribution in [3.05, 3.63) is 58.8 Å². The number of nitrogens with zero attached hydrogens (tertiary/aromatic N) is 1. The zero-order chi connectivity index (χ0) is 28.4. The number of hydrazone groups is 1. The van der Waals surface area contributed by atoms with Crippen LogP contribution in [-0.4, -0.2) is 63.6 Å². The Morgan fingerprint density at radius 1 is 1.05 bits per heavy atom. The van der Waals surface area contributed by atoms with Gasteiger partial charge in [-0.2, -0.15) is 5.10 Å². The first-order valence-electron chi connectivity index (χ1n) is 12.3. The Morgan fingerprint density at radius 2 is 1.74 bits per heavy atom. The Labute approximate surface area is 226 Å². The Hall–Kier alpha value is -4.45. The average molecular weight is 543 g/mol. The van der Waals surface area contributed by atoms with Crippen LogP contribution in [-0.2, 0) is 9.53 Å². The fourth-order valence-electron chi connectivity index (χ4n) is 3.86. The lowest BCUT2D eigenvalue weighted by Gasteiger charge is -2.28. The van der Waals surface area contributed by atoms with E-state index in [0.717, 1.165) is 5.56 Å². The molecule has 0 spiro atoms. The van der Waals surface area contributed by atoms with E-state index in [-0.39, 0.29) is 12.2 Å². The average Bonchev–Trinajstić information content (AvgIpc) is 2.92. The molecule has 210 valence electrons. The summed E-state index contributed by atoms with van der Waals surface area (Å²) in [5.74, 6) is 1.38. The number of aliphatic hydroxyl groups is 1. The quantitative estimate of drug-likeness (QED) is 0.130. The number of ether oxygens (including phenoxy) is 5. The van der Waals surface area contributed by atoms with E-state index in [1.807, 2.05) is 13.8 Å². The maximum absolute atomic E-state index is 12.4. The molecule has 2 amide bonds. The van der Waals surface area contributed by atoms with Crippen molar-refractivity contribution in [3.8, 4) is 23.0 Å². The molecule has 0 saturated carbocycles. The minimum Gasteiger partial charge on any atom is -0.493 e. The molecular weight excluding hydrogens is 508 g/mol. The number of carbonyl (C=O) groups is 2. The summed E-state index contributed by atoms with van der Waals surface area (Å²) in [5, 5.41) is 19.7. The highest BCUT2D eigenvalue weighted by Crippen LogP contribution is 2.35. The molecule has 0 bridgehead atoms. The second-order valence-electron chi connectivity index (χ2n) is 8.26. The fourth-order valence-corrected chi connectivity index (χ4v) is 3.86. The van der Waals surface area contributed by atoms with Crippen molar-refractivity contribution < 1.29 is 38.4 Å². The molecule has 2 aromatic rings. The maximum atomic E-state index is 12.4. The number of carbonyl (C=O) groups excluding carboxylic acids is 2. The molecule has 3 rings (SSSR count). The van der Waals surface area contributed by atoms with E-state index in [1.165, 1.54) is 13.3 Å². The molecule has 0 saturated heterocycles. The maximum Gasteiger partial charge on any atom is 0.337 e. The van der Waals surface area contributed by atoms with E-state index < -0.39 is 24.3 Å². The number of esters is 1. The van der Waals surface area contributed by atoms with Gasteiger partial charge < -0.3 is 39.4 Å². The first-order chi connectivity index (χ1) is 18.8. The third-order valence-electron chi connectivity index (χ3n) is 5.60. The van der Waals surface area contributed by atoms with Crippen molar-refractivity contribution in [2.24, 2.45) is 5.10 Å². The van der Waals surface area contributed by atoms with Crippen LogP contribution in [0.15, 0.2) is 52.8 Å². The van der Waals surface area contributed by atoms with Crippen LogP contribution in [0, 0.1) is 0 Å². The zero-order valence-electron chi connectivity index (χ0n) is 22.6. The van der Waals surface area contributed by atoms with Crippen molar-refractivity contribution in [1.82, 2.24) is 16.1 Å². The van der Waals surface area contributed by atoms with Gasteiger partial charge in [0.25, 0.3) is 0 Å². The number of hydrogen-bond donors (Lipinski definition) is 4. The van der Waals surface area contributed by atoms with Gasteiger partial charge >= 0.3 is 12.0 Å². The van der Waals surface area contributed by atoms with Crippen molar-refractivity contribution in [3.63, 3.8) is 0 Å². The molecule has 0 radical (unpaired) electrons. The minimum absolute atomic E-state index is 0.139. The van der Waals surface area contributed by atoms with E-state index >= 15 is 0 Å². The Balaban J connectivity index is 1.68. The normalized spacial score (nSPS) is 15.7. The third kappa shape index (κ3) is 7.54. The predicted molar refractivity (Wildman–Crippen MR) is 143 cm³/mol. The van der Waals surface area contributed by atoms with Crippen molar-refractivity contribution >= 4 is 18.2 Å². The summed E-state index contributed by atoms with van der Waals surface area (Å²) in [6.45, 7) is 6.01. The Morgan fingerprint density at radius 3 is 2.41 bits per heavy atom. The Kier molecular flexibility index (Phi) is 10.4. The number of methoxy groups -OCH3 is 2. The van der Waals surface area contributed by atoms with Gasteiger partial charge in [0.05, 0.1) is 45.3 Å². The molecule has 2 aromatic carbocycles. The summed E-state index contributed by atoms with van der Waals surface area (Å²) in [6.07, 6.45) is 0.410. The number of allylic oxidation sites excluding steroid dienone is 1. The topological polar surface area (TPSA) is 149 Å². The Bertz CT molecular complexity index is 1230. The van der Waals surface area contributed by atoms with Gasteiger partial charge in [-0.05, 0) is 62.2 Å². The molecule has 0 fully saturated rings. The first kappa shape index (κ1) is 29.1. The minimum atomic E-state index is -1.12. The molecule has 4 N–H and O–H groups in total. The number of urea groups is 1. The summed E-state index contributed by atoms with van der Waals surface area (Å²) >= 11 is 0. The first-order valence-corrected chi connectivity index (χ1v) is 12.3. The molecule has 0 unspecified atom stereocenters. The molecule has 12 heteroatoms. The summed E-state index contributed by atoms with van der Waals surface area (Å²) in [6, 6.07) is 9.17. The molecular formula is C27H34N4O8. The molecule has 1 aliphatic rings. The molecule has 1 aliphatic heterocycles. The van der Waals surface area contributed by atoms with Crippen LogP contribution in [0.1, 0.15) is 37.9 Å². The van der Waals surface area contributed by atoms with Gasteiger partial charge in [-0.15, -0.1) is 0 Å². The molecule has 12 nitrogen and oxygen atoms in total. The van der Waals surface area contributed by atoms with Crippen LogP contribution in [0.25, 0.3) is 0 Å². The second-order valence-corrected chi connectivity index (χ2v) is 8.26. The van der Waals surface area contributed by atoms with Gasteiger partial charge in [0, 0.05) is 5.70 Å². The van der Waals surface area contributed by atoms with Gasteiger partial charge in [0.2, 0.25) is 0 Å². The van der Waals surface area contributed by atoms with Crippen molar-refractivity contribution in [1.29, 1.82) is 0 Å². The number of nitrogens with one attached hydrogen (secondary N) is 3. The molecule has 1 heterocycles. The lowest BCUT2D eigenvalue weighted by atomic mass is 9.95. The van der Waals surface area contributed by atoms with Gasteiger partial charge in [-0.25, -0.2) is 9.59 Å². The van der Waals surface area contributed by atoms with Gasteiger partial charge in [0.1, 0.15) is 6.61 Å². The lowest BCUT2D eigenvalue weighted by molar-refractivity contribution is -0.136. The second kappa shape index (κ2) is 13.9. The fraction of sp³-hybridized carbons (Fsp3) is 0.370. The van der Waals surface area contributed by atoms with Crippen LogP contribution in [0.5, 0.6) is 23.0 Å². The zero-order valence-corrected chi connectivity index (χ0v) is 22.6. The largest absolute Gasteiger partial charge is 0.493 e. The number of rotatable bonds is 13. The monoisotopic (exact) mass is 542 g/mol. The molecule has 0 aliphatic carbocycles. The highest BCUT2D eigenvalue weighted by Gasteiger charge is 2.32. The van der Waals surface area contributed by atoms with Gasteiger partial charge in [-0.1, -0.05) is 6.07 Å². The van der Waals surface area contributed by atoms with Crippen LogP contribution in [0.4, 0.5) is 4.79 Å². The number of hydrogen-bond acceptors (Lipinski definition) is 10. The van der Waals surface area contributed by atoms with Crippen LogP contribution >= 0.6 is 0 Å². The standard InChI is InChI=1S/C27H34N4O8/c1-6-37-21-12-17(8-10-19(21)35-4)14-28-31-23(32)15-39-20-11-9-18(13-22(20)38-7-2)25-24(26(33)36-5)16(3)29-27(34)30-25/h8-14,23,25,31-32H,6-7,15H2,1-5H3,(H2,29,30,34)/b28-14-/t23-,25+/m1/s1. The van der Waals surface area contributed by atoms with Gasteiger partial charge in [0.15, 0.2) is 29.2 Å². The molecule has 0 aromatic heterocycles. The van der Waals surface area contributed by atoms with Gasteiger partial charge in [-0.3, -0.25) is 5.43 Å². The highest BCUT2D eigenvalue weighted by molar-refractivity contribution is 5.95. The smallest absolute Gasteiger partial charge is 0.337 e. The number of aliphatic hydroxyl groups excluding tert-OH is 1. The van der Waals surface area contributed by atoms with Crippen LogP contribution < -0.4 is 35.0 Å². The summed E-state index contributed by atoms with van der Waals surface area (Å²) in [4.78, 5) is 24.5. The van der Waals surface area contributed by atoms with E-state index in [4.69, 9.17) is 23.7 Å². The van der Waals surface area contributed by atoms with Crippen molar-refractivity contribution in [2.45, 2.75) is 33.0 Å². The lowest BCUT2D eigenvalue weighted by Crippen LogP contribution is -2.45. The highest BCUT2D eigenvalue weighted by atomic mass is 16.5. The predicted octanol–water partition coefficient (Wildman–Crippen LogP) is 2.61. The van der Waals surface area contributed by atoms with E-state index in [1.54, 1.807) is 50.4 Å². The number of amides is 2. The summed E-state index contributed by atoms with van der Waals surface area (Å²) in [7, 11) is 2.84. The molecule has 39 heavy (non-hydrogen) atoms. The van der Waals surface area contributed by atoms with Crippen molar-refractivity contribution in [2.75, 3.05) is 34.0 Å². The SMILES string of the molecule is CCOc1cc(/C=N\N[C@H](O)COc2ccc([C@@H]3NC(=O)NC(C)=C3C(=O)OC)cc2OCC)ccc1OC. The van der Waals surface area contributed by atoms with Crippen LogP contribution in [0.3, 0.4) is 0 Å². The van der Waals surface area contributed by atoms with E-state index in [2.05, 4.69) is 21.2 Å². The summed E-state index contributed by atoms with van der Waals surface area (Å²) in [5.41, 5.74) is 4.61.